The highest BCUT2D eigenvalue weighted by atomic mass is 16.2. The fraction of sp³-hybridized carbons (Fsp3) is 0.812. The van der Waals surface area contributed by atoms with Gasteiger partial charge in [0.1, 0.15) is 0 Å². The molecule has 1 saturated heterocycles. The zero-order valence-electron chi connectivity index (χ0n) is 12.0. The van der Waals surface area contributed by atoms with Crippen LogP contribution in [-0.2, 0) is 4.79 Å². The Labute approximate surface area is 116 Å². The van der Waals surface area contributed by atoms with Crippen molar-refractivity contribution in [2.45, 2.75) is 45.1 Å². The molecule has 1 aliphatic heterocycles. The first-order chi connectivity index (χ1) is 9.29. The lowest BCUT2D eigenvalue weighted by Crippen LogP contribution is -2.49. The van der Waals surface area contributed by atoms with Crippen molar-refractivity contribution < 1.29 is 4.79 Å². The van der Waals surface area contributed by atoms with Gasteiger partial charge in [0.05, 0.1) is 0 Å². The van der Waals surface area contributed by atoms with E-state index in [9.17, 15) is 4.79 Å². The van der Waals surface area contributed by atoms with Crippen LogP contribution >= 0.6 is 0 Å². The summed E-state index contributed by atoms with van der Waals surface area (Å²) in [5.41, 5.74) is 0. The largest absolute Gasteiger partial charge is 0.339 e. The number of hydrogen-bond donors (Lipinski definition) is 1. The highest BCUT2D eigenvalue weighted by Crippen LogP contribution is 2.44. The molecular formula is C16H26N2O. The predicted molar refractivity (Wildman–Crippen MR) is 76.7 cm³/mol. The standard InChI is InChI=1S/C16H26N2O/c1-2-9-18(14-5-7-17-8-6-14)16(19)15-11-12-3-4-13(15)10-12/h3-4,12-15,17H,2,5-11H2,1H3. The smallest absolute Gasteiger partial charge is 0.226 e. The van der Waals surface area contributed by atoms with Crippen molar-refractivity contribution in [2.24, 2.45) is 17.8 Å². The summed E-state index contributed by atoms with van der Waals surface area (Å²) in [6, 6.07) is 0.483. The van der Waals surface area contributed by atoms with Crippen LogP contribution in [0.15, 0.2) is 12.2 Å². The molecule has 3 aliphatic rings. The minimum absolute atomic E-state index is 0.288. The zero-order chi connectivity index (χ0) is 13.2. The maximum Gasteiger partial charge on any atom is 0.226 e. The van der Waals surface area contributed by atoms with Gasteiger partial charge in [-0.2, -0.15) is 0 Å². The lowest BCUT2D eigenvalue weighted by molar-refractivity contribution is -0.139. The van der Waals surface area contributed by atoms with Gasteiger partial charge in [-0.25, -0.2) is 0 Å². The average Bonchev–Trinajstić information content (AvgIpc) is 3.07. The van der Waals surface area contributed by atoms with Crippen LogP contribution in [0, 0.1) is 17.8 Å². The number of nitrogens with zero attached hydrogens (tertiary/aromatic N) is 1. The Morgan fingerprint density at radius 1 is 1.26 bits per heavy atom. The minimum Gasteiger partial charge on any atom is -0.339 e. The van der Waals surface area contributed by atoms with Crippen molar-refractivity contribution in [1.82, 2.24) is 10.2 Å². The highest BCUT2D eigenvalue weighted by Gasteiger charge is 2.42. The molecule has 3 unspecified atom stereocenters. The monoisotopic (exact) mass is 262 g/mol. The van der Waals surface area contributed by atoms with E-state index in [2.05, 4.69) is 29.3 Å². The van der Waals surface area contributed by atoms with Crippen molar-refractivity contribution in [1.29, 1.82) is 0 Å². The third-order valence-electron chi connectivity index (χ3n) is 5.09. The lowest BCUT2D eigenvalue weighted by Gasteiger charge is -2.37. The zero-order valence-corrected chi connectivity index (χ0v) is 12.0. The Kier molecular flexibility index (Phi) is 3.92. The molecule has 1 amide bonds. The normalized spacial score (nSPS) is 33.8. The number of carbonyl (C=O) groups excluding carboxylic acids is 1. The summed E-state index contributed by atoms with van der Waals surface area (Å²) in [5.74, 6) is 1.97. The fourth-order valence-corrected chi connectivity index (χ4v) is 4.11. The lowest BCUT2D eigenvalue weighted by atomic mass is 9.91. The van der Waals surface area contributed by atoms with E-state index in [0.717, 1.165) is 45.3 Å². The van der Waals surface area contributed by atoms with Crippen LogP contribution in [-0.4, -0.2) is 36.5 Å². The van der Waals surface area contributed by atoms with Gasteiger partial charge in [0.2, 0.25) is 5.91 Å². The number of allylic oxidation sites excluding steroid dienone is 2. The molecule has 2 bridgehead atoms. The molecule has 3 nitrogen and oxygen atoms in total. The van der Waals surface area contributed by atoms with Crippen molar-refractivity contribution in [3.8, 4) is 0 Å². The molecule has 1 heterocycles. The van der Waals surface area contributed by atoms with Gasteiger partial charge in [0.25, 0.3) is 0 Å². The van der Waals surface area contributed by atoms with Crippen LogP contribution in [0.25, 0.3) is 0 Å². The first-order valence-corrected chi connectivity index (χ1v) is 7.99. The molecule has 0 aromatic heterocycles. The number of fused-ring (bicyclic) bond motifs is 2. The van der Waals surface area contributed by atoms with Crippen molar-refractivity contribution in [3.05, 3.63) is 12.2 Å². The van der Waals surface area contributed by atoms with Crippen LogP contribution in [0.3, 0.4) is 0 Å². The van der Waals surface area contributed by atoms with Gasteiger partial charge in [0, 0.05) is 18.5 Å². The molecule has 3 atom stereocenters. The summed E-state index contributed by atoms with van der Waals surface area (Å²) in [4.78, 5) is 15.1. The third kappa shape index (κ3) is 2.58. The molecule has 0 radical (unpaired) electrons. The Balaban J connectivity index is 1.68. The summed E-state index contributed by atoms with van der Waals surface area (Å²) in [5, 5.41) is 3.40. The molecule has 0 aromatic rings. The summed E-state index contributed by atoms with van der Waals surface area (Å²) < 4.78 is 0. The van der Waals surface area contributed by atoms with Crippen LogP contribution in [0.4, 0.5) is 0 Å². The molecule has 3 rings (SSSR count). The van der Waals surface area contributed by atoms with E-state index in [1.54, 1.807) is 0 Å². The summed E-state index contributed by atoms with van der Waals surface area (Å²) >= 11 is 0. The van der Waals surface area contributed by atoms with Gasteiger partial charge < -0.3 is 10.2 Å². The Bertz CT molecular complexity index is 360. The molecule has 1 saturated carbocycles. The molecule has 0 spiro atoms. The number of amides is 1. The molecule has 1 N–H and O–H groups in total. The number of hydrogen-bond acceptors (Lipinski definition) is 2. The van der Waals surface area contributed by atoms with E-state index in [0.29, 0.717) is 23.8 Å². The molecular weight excluding hydrogens is 236 g/mol. The summed E-state index contributed by atoms with van der Waals surface area (Å²) in [7, 11) is 0. The second-order valence-corrected chi connectivity index (χ2v) is 6.40. The van der Waals surface area contributed by atoms with Crippen LogP contribution in [0.2, 0.25) is 0 Å². The van der Waals surface area contributed by atoms with Crippen molar-refractivity contribution in [3.63, 3.8) is 0 Å². The molecule has 3 heteroatoms. The number of rotatable bonds is 4. The Hall–Kier alpha value is -0.830. The van der Waals surface area contributed by atoms with E-state index in [-0.39, 0.29) is 5.92 Å². The fourth-order valence-electron chi connectivity index (χ4n) is 4.11. The first-order valence-electron chi connectivity index (χ1n) is 7.99. The topological polar surface area (TPSA) is 32.3 Å². The van der Waals surface area contributed by atoms with E-state index >= 15 is 0 Å². The van der Waals surface area contributed by atoms with Gasteiger partial charge in [0.15, 0.2) is 0 Å². The third-order valence-corrected chi connectivity index (χ3v) is 5.09. The van der Waals surface area contributed by atoms with E-state index < -0.39 is 0 Å². The average molecular weight is 262 g/mol. The van der Waals surface area contributed by atoms with Crippen LogP contribution in [0.5, 0.6) is 0 Å². The second-order valence-electron chi connectivity index (χ2n) is 6.40. The Morgan fingerprint density at radius 3 is 2.63 bits per heavy atom. The van der Waals surface area contributed by atoms with Gasteiger partial charge >= 0.3 is 0 Å². The van der Waals surface area contributed by atoms with Crippen molar-refractivity contribution in [2.75, 3.05) is 19.6 Å². The summed E-state index contributed by atoms with van der Waals surface area (Å²) in [6.45, 7) is 5.26. The predicted octanol–water partition coefficient (Wildman–Crippen LogP) is 2.19. The van der Waals surface area contributed by atoms with Gasteiger partial charge in [-0.15, -0.1) is 0 Å². The number of piperidine rings is 1. The SMILES string of the molecule is CCCN(C(=O)C1CC2C=CC1C2)C1CCNCC1. The quantitative estimate of drug-likeness (QED) is 0.788. The molecule has 2 aliphatic carbocycles. The van der Waals surface area contributed by atoms with Crippen LogP contribution < -0.4 is 5.32 Å². The maximum absolute atomic E-state index is 12.9. The van der Waals surface area contributed by atoms with Crippen molar-refractivity contribution >= 4 is 5.91 Å². The maximum atomic E-state index is 12.9. The minimum atomic E-state index is 0.288. The molecule has 19 heavy (non-hydrogen) atoms. The highest BCUT2D eigenvalue weighted by molar-refractivity contribution is 5.80. The number of carbonyl (C=O) groups is 1. The Morgan fingerprint density at radius 2 is 2.05 bits per heavy atom. The van der Waals surface area contributed by atoms with Gasteiger partial charge in [-0.1, -0.05) is 19.1 Å². The van der Waals surface area contributed by atoms with E-state index in [4.69, 9.17) is 0 Å². The summed E-state index contributed by atoms with van der Waals surface area (Å²) in [6.07, 6.45) is 10.3. The van der Waals surface area contributed by atoms with E-state index in [1.807, 2.05) is 0 Å². The van der Waals surface area contributed by atoms with Crippen LogP contribution in [0.1, 0.15) is 39.0 Å². The van der Waals surface area contributed by atoms with Gasteiger partial charge in [-0.3, -0.25) is 4.79 Å². The first kappa shape index (κ1) is 13.2. The number of nitrogens with one attached hydrogen (secondary N) is 1. The molecule has 2 fully saturated rings. The van der Waals surface area contributed by atoms with Gasteiger partial charge in [-0.05, 0) is 57.0 Å². The molecule has 0 aromatic carbocycles. The molecule has 106 valence electrons. The second kappa shape index (κ2) is 5.66. The van der Waals surface area contributed by atoms with E-state index in [1.165, 1.54) is 6.42 Å².